The van der Waals surface area contributed by atoms with Crippen LogP contribution in [0.5, 0.6) is 0 Å². The molecule has 0 aromatic heterocycles. The van der Waals surface area contributed by atoms with Crippen molar-refractivity contribution in [3.05, 3.63) is 76.9 Å². The van der Waals surface area contributed by atoms with Crippen molar-refractivity contribution in [3.63, 3.8) is 0 Å². The maximum absolute atomic E-state index is 13.8. The van der Waals surface area contributed by atoms with Gasteiger partial charge in [-0.05, 0) is 56.2 Å². The Morgan fingerprint density at radius 1 is 1.18 bits per heavy atom. The van der Waals surface area contributed by atoms with Gasteiger partial charge < -0.3 is 10.5 Å². The molecular formula is C31H42N4O5. The Morgan fingerprint density at radius 3 is 2.55 bits per heavy atom. The third kappa shape index (κ3) is 7.42. The predicted octanol–water partition coefficient (Wildman–Crippen LogP) is 3.70. The predicted molar refractivity (Wildman–Crippen MR) is 154 cm³/mol. The van der Waals surface area contributed by atoms with Crippen LogP contribution >= 0.6 is 0 Å². The summed E-state index contributed by atoms with van der Waals surface area (Å²) in [5.74, 6) is 3.31. The Labute approximate surface area is 236 Å². The molecule has 4 atom stereocenters. The maximum Gasteiger partial charge on any atom is 0.252 e. The molecule has 2 amide bonds. The highest BCUT2D eigenvalue weighted by Crippen LogP contribution is 2.39. The number of carbonyl (C=O) groups is 3. The van der Waals surface area contributed by atoms with Gasteiger partial charge in [0.25, 0.3) is 11.8 Å². The molecule has 1 saturated heterocycles. The lowest BCUT2D eigenvalue weighted by Gasteiger charge is -2.35. The molecule has 0 bridgehead atoms. The molecule has 1 aliphatic rings. The van der Waals surface area contributed by atoms with Crippen molar-refractivity contribution >= 4 is 23.7 Å². The summed E-state index contributed by atoms with van der Waals surface area (Å²) in [6.07, 6.45) is 6.83. The lowest BCUT2D eigenvalue weighted by atomic mass is 9.67. The van der Waals surface area contributed by atoms with Gasteiger partial charge in [-0.2, -0.15) is 0 Å². The second-order valence-corrected chi connectivity index (χ2v) is 10.4. The van der Waals surface area contributed by atoms with Gasteiger partial charge in [-0.25, -0.2) is 16.2 Å². The molecule has 40 heavy (non-hydrogen) atoms. The molecule has 6 N–H and O–H groups in total. The standard InChI is InChI=1S/C31H42N4O5/c1-4-18-31(30(38)34-33,28(36)22(3)32)26-17-16-21(2)20-25(26)24(14-10-13-23-11-6-5-7-12-23)29(37)35-40-27-15-8-9-19-39-27/h5-7,10-13,16-17,20,22,24,27H,4,8-9,14-15,18-19,32-33H2,1-3H3,(H,34,38)(H,35,37)/b13-10+/t22-,24-,27?,31+/m0/s1. The van der Waals surface area contributed by atoms with Crippen molar-refractivity contribution in [1.29, 1.82) is 0 Å². The van der Waals surface area contributed by atoms with Gasteiger partial charge in [0.1, 0.15) is 5.41 Å². The molecule has 2 aromatic carbocycles. The fourth-order valence-electron chi connectivity index (χ4n) is 5.26. The molecule has 1 fully saturated rings. The Morgan fingerprint density at radius 2 is 1.93 bits per heavy atom. The first kappa shape index (κ1) is 31.2. The number of amides is 2. The first-order valence-corrected chi connectivity index (χ1v) is 13.9. The van der Waals surface area contributed by atoms with Gasteiger partial charge in [-0.15, -0.1) is 0 Å². The van der Waals surface area contributed by atoms with E-state index in [1.807, 2.05) is 68.5 Å². The quantitative estimate of drug-likeness (QED) is 0.129. The number of rotatable bonds is 13. The number of ether oxygens (including phenoxy) is 1. The van der Waals surface area contributed by atoms with Crippen LogP contribution < -0.4 is 22.5 Å². The van der Waals surface area contributed by atoms with Crippen molar-refractivity contribution in [2.45, 2.75) is 83.0 Å². The topological polar surface area (TPSA) is 146 Å². The Balaban J connectivity index is 2.11. The highest BCUT2D eigenvalue weighted by molar-refractivity contribution is 6.14. The molecular weight excluding hydrogens is 508 g/mol. The van der Waals surface area contributed by atoms with E-state index >= 15 is 0 Å². The first-order valence-electron chi connectivity index (χ1n) is 13.9. The average Bonchev–Trinajstić information content (AvgIpc) is 2.97. The van der Waals surface area contributed by atoms with Gasteiger partial charge >= 0.3 is 0 Å². The minimum atomic E-state index is -1.67. The van der Waals surface area contributed by atoms with E-state index in [1.165, 1.54) is 0 Å². The molecule has 3 rings (SSSR count). The number of ketones is 1. The minimum Gasteiger partial charge on any atom is -0.350 e. The van der Waals surface area contributed by atoms with Gasteiger partial charge in [0.05, 0.1) is 12.0 Å². The number of carbonyl (C=O) groups excluding carboxylic acids is 3. The van der Waals surface area contributed by atoms with Crippen LogP contribution in [-0.2, 0) is 29.4 Å². The highest BCUT2D eigenvalue weighted by Gasteiger charge is 2.49. The van der Waals surface area contributed by atoms with Crippen molar-refractivity contribution in [3.8, 4) is 0 Å². The number of hydrogen-bond acceptors (Lipinski definition) is 7. The van der Waals surface area contributed by atoms with Crippen LogP contribution in [0.2, 0.25) is 0 Å². The van der Waals surface area contributed by atoms with Gasteiger partial charge in [0.2, 0.25) is 0 Å². The van der Waals surface area contributed by atoms with E-state index in [1.54, 1.807) is 13.0 Å². The van der Waals surface area contributed by atoms with Gasteiger partial charge in [0.15, 0.2) is 12.1 Å². The molecule has 1 aliphatic heterocycles. The number of nitrogens with one attached hydrogen (secondary N) is 2. The summed E-state index contributed by atoms with van der Waals surface area (Å²) in [7, 11) is 0. The number of allylic oxidation sites excluding steroid dienone is 1. The Hall–Kier alpha value is -3.37. The lowest BCUT2D eigenvalue weighted by Crippen LogP contribution is -2.57. The van der Waals surface area contributed by atoms with Gasteiger partial charge in [0, 0.05) is 13.0 Å². The van der Waals surface area contributed by atoms with Crippen LogP contribution in [0.1, 0.15) is 80.5 Å². The molecule has 0 aliphatic carbocycles. The van der Waals surface area contributed by atoms with Gasteiger partial charge in [-0.3, -0.25) is 19.8 Å². The summed E-state index contributed by atoms with van der Waals surface area (Å²) in [5, 5.41) is 0. The normalized spacial score (nSPS) is 18.5. The molecule has 0 spiro atoms. The lowest BCUT2D eigenvalue weighted by molar-refractivity contribution is -0.201. The number of Topliss-reactive ketones (excluding diaryl/α,β-unsaturated/α-hetero) is 1. The first-order chi connectivity index (χ1) is 19.2. The molecule has 0 radical (unpaired) electrons. The van der Waals surface area contributed by atoms with Crippen molar-refractivity contribution < 1.29 is 24.0 Å². The zero-order chi connectivity index (χ0) is 29.1. The van der Waals surface area contributed by atoms with Crippen LogP contribution in [0.15, 0.2) is 54.6 Å². The Bertz CT molecular complexity index is 1180. The summed E-state index contributed by atoms with van der Waals surface area (Å²) in [6, 6.07) is 14.2. The molecule has 216 valence electrons. The van der Waals surface area contributed by atoms with Crippen molar-refractivity contribution in [2.24, 2.45) is 11.6 Å². The smallest absolute Gasteiger partial charge is 0.252 e. The summed E-state index contributed by atoms with van der Waals surface area (Å²) >= 11 is 0. The number of hydroxylamine groups is 1. The summed E-state index contributed by atoms with van der Waals surface area (Å²) in [5.41, 5.74) is 12.0. The maximum atomic E-state index is 13.8. The van der Waals surface area contributed by atoms with E-state index in [-0.39, 0.29) is 12.8 Å². The number of hydrazine groups is 1. The van der Waals surface area contributed by atoms with E-state index in [0.717, 1.165) is 24.0 Å². The fourth-order valence-corrected chi connectivity index (χ4v) is 5.26. The number of aryl methyl sites for hydroxylation is 1. The average molecular weight is 551 g/mol. The van der Waals surface area contributed by atoms with Gasteiger partial charge in [-0.1, -0.05) is 79.6 Å². The number of benzene rings is 2. The second-order valence-electron chi connectivity index (χ2n) is 10.4. The monoisotopic (exact) mass is 550 g/mol. The fraction of sp³-hybridized carbons (Fsp3) is 0.452. The largest absolute Gasteiger partial charge is 0.350 e. The summed E-state index contributed by atoms with van der Waals surface area (Å²) in [6.45, 7) is 5.89. The van der Waals surface area contributed by atoms with Crippen LogP contribution in [0.25, 0.3) is 6.08 Å². The molecule has 1 heterocycles. The van der Waals surface area contributed by atoms with Crippen molar-refractivity contribution in [2.75, 3.05) is 6.61 Å². The molecule has 9 heteroatoms. The van der Waals surface area contributed by atoms with Crippen LogP contribution in [0.4, 0.5) is 0 Å². The summed E-state index contributed by atoms with van der Waals surface area (Å²) < 4.78 is 5.61. The SMILES string of the molecule is CCC[C@](C(=O)NN)(C(=O)[C@H](C)N)c1ccc(C)cc1[C@H](C/C=C/c1ccccc1)C(=O)NOC1CCCCO1. The molecule has 0 saturated carbocycles. The van der Waals surface area contributed by atoms with E-state index < -0.39 is 41.3 Å². The molecule has 1 unspecified atom stereocenters. The minimum absolute atomic E-state index is 0.174. The van der Waals surface area contributed by atoms with E-state index in [2.05, 4.69) is 10.9 Å². The van der Waals surface area contributed by atoms with Crippen LogP contribution in [0.3, 0.4) is 0 Å². The Kier molecular flexibility index (Phi) is 11.6. The molecule has 9 nitrogen and oxygen atoms in total. The second kappa shape index (κ2) is 14.9. The van der Waals surface area contributed by atoms with Crippen LogP contribution in [0, 0.1) is 6.92 Å². The number of hydrogen-bond donors (Lipinski definition) is 4. The van der Waals surface area contributed by atoms with E-state index in [0.29, 0.717) is 30.6 Å². The third-order valence-corrected chi connectivity index (χ3v) is 7.25. The number of nitrogens with two attached hydrogens (primary N) is 2. The highest BCUT2D eigenvalue weighted by atomic mass is 16.8. The third-order valence-electron chi connectivity index (χ3n) is 7.25. The summed E-state index contributed by atoms with van der Waals surface area (Å²) in [4.78, 5) is 46.6. The van der Waals surface area contributed by atoms with Crippen LogP contribution in [-0.4, -0.2) is 36.5 Å². The zero-order valence-electron chi connectivity index (χ0n) is 23.7. The van der Waals surface area contributed by atoms with E-state index in [4.69, 9.17) is 21.2 Å². The zero-order valence-corrected chi connectivity index (χ0v) is 23.7. The molecule has 2 aromatic rings. The van der Waals surface area contributed by atoms with Crippen molar-refractivity contribution in [1.82, 2.24) is 10.9 Å². The van der Waals surface area contributed by atoms with E-state index in [9.17, 15) is 14.4 Å².